The van der Waals surface area contributed by atoms with E-state index >= 15 is 0 Å². The molecular weight excluding hydrogens is 296 g/mol. The maximum atomic E-state index is 11.5. The van der Waals surface area contributed by atoms with E-state index in [1.807, 2.05) is 6.92 Å². The molecule has 0 aromatic heterocycles. The molecule has 0 bridgehead atoms. The van der Waals surface area contributed by atoms with Crippen LogP contribution in [-0.4, -0.2) is 23.7 Å². The van der Waals surface area contributed by atoms with Gasteiger partial charge < -0.3 is 15.2 Å². The Kier molecular flexibility index (Phi) is 6.24. The molecule has 0 saturated heterocycles. The van der Waals surface area contributed by atoms with Crippen LogP contribution < -0.4 is 5.32 Å². The fourth-order valence-electron chi connectivity index (χ4n) is 1.37. The largest absolute Gasteiger partial charge is 0.478 e. The Balaban J connectivity index is 2.93. The number of ether oxygens (including phenoxy) is 1. The summed E-state index contributed by atoms with van der Waals surface area (Å²) in [6, 6.07) is 6.07. The minimum Gasteiger partial charge on any atom is -0.478 e. The summed E-state index contributed by atoms with van der Waals surface area (Å²) >= 11 is 5.92. The van der Waals surface area contributed by atoms with Gasteiger partial charge in [0.15, 0.2) is 5.57 Å². The smallest absolute Gasteiger partial charge is 0.350 e. The Hall–Kier alpha value is -2.52. The van der Waals surface area contributed by atoms with Crippen molar-refractivity contribution in [3.8, 4) is 6.07 Å². The Bertz CT molecular complexity index is 620. The molecule has 0 aliphatic rings. The zero-order valence-electron chi connectivity index (χ0n) is 11.2. The third-order valence-corrected chi connectivity index (χ3v) is 2.79. The van der Waals surface area contributed by atoms with Crippen molar-refractivity contribution in [1.82, 2.24) is 0 Å². The number of anilines is 1. The van der Waals surface area contributed by atoms with Crippen LogP contribution >= 0.6 is 11.6 Å². The molecule has 7 heteroatoms. The zero-order chi connectivity index (χ0) is 15.8. The second-order valence-electron chi connectivity index (χ2n) is 3.92. The van der Waals surface area contributed by atoms with Gasteiger partial charge in [-0.1, -0.05) is 24.6 Å². The molecule has 0 fully saturated rings. The van der Waals surface area contributed by atoms with Crippen molar-refractivity contribution in [3.05, 3.63) is 40.6 Å². The first-order valence-corrected chi connectivity index (χ1v) is 6.44. The molecule has 1 aromatic carbocycles. The van der Waals surface area contributed by atoms with Gasteiger partial charge in [-0.2, -0.15) is 5.26 Å². The fraction of sp³-hybridized carbons (Fsp3) is 0.214. The van der Waals surface area contributed by atoms with Gasteiger partial charge in [-0.3, -0.25) is 0 Å². The van der Waals surface area contributed by atoms with Gasteiger partial charge in [-0.15, -0.1) is 0 Å². The second kappa shape index (κ2) is 7.92. The number of carbonyl (C=O) groups is 2. The van der Waals surface area contributed by atoms with Crippen LogP contribution in [0.25, 0.3) is 0 Å². The van der Waals surface area contributed by atoms with E-state index in [9.17, 15) is 9.59 Å². The maximum absolute atomic E-state index is 11.5. The number of hydrogen-bond donors (Lipinski definition) is 2. The van der Waals surface area contributed by atoms with Crippen LogP contribution in [0.2, 0.25) is 5.02 Å². The topological polar surface area (TPSA) is 99.4 Å². The summed E-state index contributed by atoms with van der Waals surface area (Å²) < 4.78 is 4.83. The number of rotatable bonds is 6. The van der Waals surface area contributed by atoms with Crippen LogP contribution in [0.15, 0.2) is 30.0 Å². The van der Waals surface area contributed by atoms with E-state index in [0.717, 1.165) is 6.20 Å². The van der Waals surface area contributed by atoms with E-state index in [4.69, 9.17) is 26.7 Å². The minimum absolute atomic E-state index is 0.0135. The van der Waals surface area contributed by atoms with Crippen molar-refractivity contribution in [2.45, 2.75) is 13.3 Å². The number of aromatic carboxylic acids is 1. The summed E-state index contributed by atoms with van der Waals surface area (Å²) in [5.41, 5.74) is -0.0463. The van der Waals surface area contributed by atoms with Crippen molar-refractivity contribution in [3.63, 3.8) is 0 Å². The van der Waals surface area contributed by atoms with Crippen LogP contribution in [0.5, 0.6) is 0 Å². The second-order valence-corrected chi connectivity index (χ2v) is 4.30. The van der Waals surface area contributed by atoms with Crippen molar-refractivity contribution in [2.75, 3.05) is 11.9 Å². The van der Waals surface area contributed by atoms with Gasteiger partial charge in [0, 0.05) is 6.20 Å². The lowest BCUT2D eigenvalue weighted by atomic mass is 10.2. The molecule has 0 aliphatic carbocycles. The number of nitriles is 1. The van der Waals surface area contributed by atoms with Gasteiger partial charge in [0.25, 0.3) is 0 Å². The molecule has 2 N–H and O–H groups in total. The fourth-order valence-corrected chi connectivity index (χ4v) is 1.63. The zero-order valence-corrected chi connectivity index (χ0v) is 12.0. The number of nitrogens with one attached hydrogen (secondary N) is 1. The third kappa shape index (κ3) is 4.51. The van der Waals surface area contributed by atoms with Crippen molar-refractivity contribution < 1.29 is 19.4 Å². The third-order valence-electron chi connectivity index (χ3n) is 2.38. The monoisotopic (exact) mass is 308 g/mol. The van der Waals surface area contributed by atoms with Gasteiger partial charge >= 0.3 is 11.9 Å². The minimum atomic E-state index is -1.17. The van der Waals surface area contributed by atoms with Gasteiger partial charge in [-0.05, 0) is 18.6 Å². The lowest BCUT2D eigenvalue weighted by molar-refractivity contribution is -0.138. The molecule has 1 aromatic rings. The Morgan fingerprint density at radius 2 is 2.24 bits per heavy atom. The van der Waals surface area contributed by atoms with Gasteiger partial charge in [-0.25, -0.2) is 9.59 Å². The number of carbonyl (C=O) groups excluding carboxylic acids is 1. The standard InChI is InChI=1S/C14H13ClN2O4/c1-2-6-21-14(20)9(7-16)8-17-11-5-3-4-10(12(11)15)13(18)19/h3-5,8,17H,2,6H2,1H3,(H,18,19). The predicted molar refractivity (Wildman–Crippen MR) is 77.0 cm³/mol. The van der Waals surface area contributed by atoms with Crippen LogP contribution in [0, 0.1) is 11.3 Å². The molecule has 0 heterocycles. The normalized spacial score (nSPS) is 10.6. The Morgan fingerprint density at radius 1 is 1.52 bits per heavy atom. The number of carboxylic acid groups (broad SMARTS) is 1. The van der Waals surface area contributed by atoms with Gasteiger partial charge in [0.05, 0.1) is 22.9 Å². The van der Waals surface area contributed by atoms with Gasteiger partial charge in [0.2, 0.25) is 0 Å². The van der Waals surface area contributed by atoms with E-state index in [1.165, 1.54) is 18.2 Å². The highest BCUT2D eigenvalue weighted by molar-refractivity contribution is 6.36. The summed E-state index contributed by atoms with van der Waals surface area (Å²) in [5, 5.41) is 20.5. The van der Waals surface area contributed by atoms with Crippen LogP contribution in [0.3, 0.4) is 0 Å². The molecule has 0 atom stereocenters. The van der Waals surface area contributed by atoms with Crippen LogP contribution in [0.1, 0.15) is 23.7 Å². The van der Waals surface area contributed by atoms with E-state index in [0.29, 0.717) is 6.42 Å². The quantitative estimate of drug-likeness (QED) is 0.476. The molecule has 0 unspecified atom stereocenters. The van der Waals surface area contributed by atoms with Crippen LogP contribution in [-0.2, 0) is 9.53 Å². The number of carboxylic acids is 1. The first-order valence-electron chi connectivity index (χ1n) is 6.07. The summed E-state index contributed by atoms with van der Waals surface area (Å²) in [5.74, 6) is -1.92. The number of hydrogen-bond acceptors (Lipinski definition) is 5. The first kappa shape index (κ1) is 16.5. The summed E-state index contributed by atoms with van der Waals surface area (Å²) in [6.07, 6.45) is 1.77. The van der Waals surface area contributed by atoms with E-state index < -0.39 is 11.9 Å². The number of halogens is 1. The summed E-state index contributed by atoms with van der Waals surface area (Å²) in [7, 11) is 0. The van der Waals surface area contributed by atoms with E-state index in [2.05, 4.69) is 5.32 Å². The first-order chi connectivity index (χ1) is 10.0. The highest BCUT2D eigenvalue weighted by Gasteiger charge is 2.13. The molecule has 0 amide bonds. The van der Waals surface area contributed by atoms with Crippen molar-refractivity contribution in [1.29, 1.82) is 5.26 Å². The average Bonchev–Trinajstić information content (AvgIpc) is 2.46. The SMILES string of the molecule is CCCOC(=O)C(C#N)=CNc1cccc(C(=O)O)c1Cl. The van der Waals surface area contributed by atoms with Gasteiger partial charge in [0.1, 0.15) is 6.07 Å². The molecule has 6 nitrogen and oxygen atoms in total. The summed E-state index contributed by atoms with van der Waals surface area (Å²) in [4.78, 5) is 22.5. The number of benzene rings is 1. The highest BCUT2D eigenvalue weighted by atomic mass is 35.5. The molecule has 0 saturated carbocycles. The lowest BCUT2D eigenvalue weighted by Gasteiger charge is -2.07. The Morgan fingerprint density at radius 3 is 2.81 bits per heavy atom. The summed E-state index contributed by atoms with van der Waals surface area (Å²) in [6.45, 7) is 2.05. The molecule has 110 valence electrons. The van der Waals surface area contributed by atoms with Crippen molar-refractivity contribution in [2.24, 2.45) is 0 Å². The Labute approximate surface area is 126 Å². The highest BCUT2D eigenvalue weighted by Crippen LogP contribution is 2.26. The van der Waals surface area contributed by atoms with E-state index in [1.54, 1.807) is 6.07 Å². The molecule has 1 rings (SSSR count). The molecule has 0 radical (unpaired) electrons. The average molecular weight is 309 g/mol. The number of esters is 1. The molecule has 0 spiro atoms. The molecule has 0 aliphatic heterocycles. The van der Waals surface area contributed by atoms with Crippen LogP contribution in [0.4, 0.5) is 5.69 Å². The molecular formula is C14H13ClN2O4. The lowest BCUT2D eigenvalue weighted by Crippen LogP contribution is -2.09. The predicted octanol–water partition coefficient (Wildman–Crippen LogP) is 2.81. The van der Waals surface area contributed by atoms with Crippen molar-refractivity contribution >= 4 is 29.2 Å². The van der Waals surface area contributed by atoms with E-state index in [-0.39, 0.29) is 28.5 Å². The molecule has 21 heavy (non-hydrogen) atoms. The maximum Gasteiger partial charge on any atom is 0.350 e. The number of nitrogens with zero attached hydrogens (tertiary/aromatic N) is 1.